The van der Waals surface area contributed by atoms with Crippen LogP contribution in [0, 0.1) is 19.8 Å². The Hall–Kier alpha value is -1.95. The number of rotatable bonds is 5. The number of nitrogens with one attached hydrogen (secondary N) is 1. The summed E-state index contributed by atoms with van der Waals surface area (Å²) in [6, 6.07) is 3.24. The average molecular weight is 322 g/mol. The maximum atomic E-state index is 14.6. The van der Waals surface area contributed by atoms with Gasteiger partial charge in [0, 0.05) is 24.7 Å². The SMILES string of the molecule is Cc1cc(N(C=O)CC2CNCCC2(C)F)cc(C(=O)O)c1C. The predicted molar refractivity (Wildman–Crippen MR) is 86.8 cm³/mol. The fraction of sp³-hybridized carbons (Fsp3) is 0.529. The average Bonchev–Trinajstić information content (AvgIpc) is 2.48. The number of carboxylic acid groups (broad SMARTS) is 1. The van der Waals surface area contributed by atoms with Crippen LogP contribution in [0.15, 0.2) is 12.1 Å². The molecule has 1 aliphatic rings. The van der Waals surface area contributed by atoms with Gasteiger partial charge < -0.3 is 15.3 Å². The van der Waals surface area contributed by atoms with E-state index in [1.165, 1.54) is 11.0 Å². The number of anilines is 1. The van der Waals surface area contributed by atoms with E-state index in [1.807, 2.05) is 0 Å². The van der Waals surface area contributed by atoms with Crippen molar-refractivity contribution in [3.05, 3.63) is 28.8 Å². The number of piperidine rings is 1. The number of halogens is 1. The molecule has 1 aromatic carbocycles. The molecule has 0 aromatic heterocycles. The number of carbonyl (C=O) groups excluding carboxylic acids is 1. The van der Waals surface area contributed by atoms with Gasteiger partial charge in [0.25, 0.3) is 0 Å². The van der Waals surface area contributed by atoms with Crippen LogP contribution in [0.4, 0.5) is 10.1 Å². The zero-order valence-electron chi connectivity index (χ0n) is 13.7. The van der Waals surface area contributed by atoms with E-state index < -0.39 is 11.6 Å². The molecular formula is C17H23FN2O3. The molecule has 0 saturated carbocycles. The number of hydrogen-bond donors (Lipinski definition) is 2. The summed E-state index contributed by atoms with van der Waals surface area (Å²) >= 11 is 0. The van der Waals surface area contributed by atoms with E-state index in [0.29, 0.717) is 37.2 Å². The van der Waals surface area contributed by atoms with Crippen LogP contribution in [0.3, 0.4) is 0 Å². The van der Waals surface area contributed by atoms with E-state index in [2.05, 4.69) is 5.32 Å². The molecule has 1 fully saturated rings. The van der Waals surface area contributed by atoms with Crippen LogP contribution >= 0.6 is 0 Å². The smallest absolute Gasteiger partial charge is 0.336 e. The Labute approximate surface area is 135 Å². The summed E-state index contributed by atoms with van der Waals surface area (Å²) in [6.07, 6.45) is 1.04. The van der Waals surface area contributed by atoms with E-state index in [1.54, 1.807) is 26.8 Å². The van der Waals surface area contributed by atoms with E-state index in [-0.39, 0.29) is 18.0 Å². The van der Waals surface area contributed by atoms with Crippen LogP contribution in [0.25, 0.3) is 0 Å². The molecule has 2 atom stereocenters. The zero-order chi connectivity index (χ0) is 17.2. The standard InChI is InChI=1S/C17H23FN2O3/c1-11-6-14(7-15(12(11)2)16(22)23)20(10-21)9-13-8-19-5-4-17(13,3)18/h6-7,10,13,19H,4-5,8-9H2,1-3H3,(H,22,23). The number of nitrogens with zero attached hydrogens (tertiary/aromatic N) is 1. The summed E-state index contributed by atoms with van der Waals surface area (Å²) in [4.78, 5) is 24.3. The van der Waals surface area contributed by atoms with Crippen LogP contribution in [0.2, 0.25) is 0 Å². The van der Waals surface area contributed by atoms with Gasteiger partial charge in [-0.05, 0) is 57.0 Å². The van der Waals surface area contributed by atoms with Gasteiger partial charge in [-0.2, -0.15) is 0 Å². The van der Waals surface area contributed by atoms with Gasteiger partial charge in [-0.1, -0.05) is 0 Å². The molecule has 2 rings (SSSR count). The van der Waals surface area contributed by atoms with Crippen molar-refractivity contribution in [2.75, 3.05) is 24.5 Å². The molecule has 23 heavy (non-hydrogen) atoms. The highest BCUT2D eigenvalue weighted by molar-refractivity contribution is 5.92. The Morgan fingerprint density at radius 1 is 1.52 bits per heavy atom. The molecule has 1 heterocycles. The summed E-state index contributed by atoms with van der Waals surface area (Å²) in [6.45, 7) is 6.42. The number of alkyl halides is 1. The number of carbonyl (C=O) groups is 2. The van der Waals surface area contributed by atoms with Crippen LogP contribution in [0.5, 0.6) is 0 Å². The molecule has 1 aliphatic heterocycles. The van der Waals surface area contributed by atoms with Crippen LogP contribution < -0.4 is 10.2 Å². The molecule has 1 saturated heterocycles. The van der Waals surface area contributed by atoms with E-state index in [0.717, 1.165) is 5.56 Å². The van der Waals surface area contributed by atoms with E-state index in [9.17, 15) is 19.1 Å². The van der Waals surface area contributed by atoms with Gasteiger partial charge in [-0.15, -0.1) is 0 Å². The quantitative estimate of drug-likeness (QED) is 0.816. The lowest BCUT2D eigenvalue weighted by Gasteiger charge is -2.37. The molecule has 0 radical (unpaired) electrons. The maximum absolute atomic E-state index is 14.6. The lowest BCUT2D eigenvalue weighted by molar-refractivity contribution is -0.107. The fourth-order valence-corrected chi connectivity index (χ4v) is 2.96. The minimum atomic E-state index is -1.35. The van der Waals surface area contributed by atoms with Gasteiger partial charge in [0.2, 0.25) is 6.41 Å². The topological polar surface area (TPSA) is 69.6 Å². The van der Waals surface area contributed by atoms with Crippen molar-refractivity contribution in [2.45, 2.75) is 32.9 Å². The number of hydrogen-bond acceptors (Lipinski definition) is 3. The third-order valence-electron chi connectivity index (χ3n) is 4.79. The Morgan fingerprint density at radius 3 is 2.78 bits per heavy atom. The lowest BCUT2D eigenvalue weighted by atomic mass is 9.84. The molecule has 0 spiro atoms. The van der Waals surface area contributed by atoms with Gasteiger partial charge in [0.05, 0.1) is 5.56 Å². The van der Waals surface area contributed by atoms with E-state index >= 15 is 0 Å². The lowest BCUT2D eigenvalue weighted by Crippen LogP contribution is -2.50. The van der Waals surface area contributed by atoms with Gasteiger partial charge >= 0.3 is 5.97 Å². The van der Waals surface area contributed by atoms with E-state index in [4.69, 9.17) is 0 Å². The second-order valence-corrected chi connectivity index (χ2v) is 6.43. The minimum Gasteiger partial charge on any atom is -0.478 e. The van der Waals surface area contributed by atoms with Gasteiger partial charge in [-0.3, -0.25) is 4.79 Å². The highest BCUT2D eigenvalue weighted by atomic mass is 19.1. The van der Waals surface area contributed by atoms with Crippen molar-refractivity contribution >= 4 is 18.1 Å². The van der Waals surface area contributed by atoms with Crippen LogP contribution in [-0.2, 0) is 4.79 Å². The molecule has 126 valence electrons. The fourth-order valence-electron chi connectivity index (χ4n) is 2.96. The van der Waals surface area contributed by atoms with Crippen molar-refractivity contribution in [3.63, 3.8) is 0 Å². The predicted octanol–water partition coefficient (Wildman–Crippen LogP) is 2.30. The molecule has 1 aromatic rings. The summed E-state index contributed by atoms with van der Waals surface area (Å²) < 4.78 is 14.6. The van der Waals surface area contributed by atoms with Crippen LogP contribution in [-0.4, -0.2) is 42.8 Å². The molecule has 1 amide bonds. The van der Waals surface area contributed by atoms with Crippen molar-refractivity contribution in [3.8, 4) is 0 Å². The van der Waals surface area contributed by atoms with Crippen molar-refractivity contribution < 1.29 is 19.1 Å². The summed E-state index contributed by atoms with van der Waals surface area (Å²) in [5, 5.41) is 12.4. The van der Waals surface area contributed by atoms with Crippen molar-refractivity contribution in [1.29, 1.82) is 0 Å². The number of carboxylic acids is 1. The van der Waals surface area contributed by atoms with Crippen LogP contribution in [0.1, 0.15) is 34.8 Å². The summed E-state index contributed by atoms with van der Waals surface area (Å²) in [5.74, 6) is -1.37. The third-order valence-corrected chi connectivity index (χ3v) is 4.79. The number of aromatic carboxylic acids is 1. The second kappa shape index (κ2) is 6.66. The Kier molecular flexibility index (Phi) is 5.04. The number of aryl methyl sites for hydroxylation is 1. The highest BCUT2D eigenvalue weighted by Crippen LogP contribution is 2.31. The summed E-state index contributed by atoms with van der Waals surface area (Å²) in [5.41, 5.74) is 0.763. The molecule has 0 aliphatic carbocycles. The van der Waals surface area contributed by atoms with Crippen molar-refractivity contribution in [2.24, 2.45) is 5.92 Å². The summed E-state index contributed by atoms with van der Waals surface area (Å²) in [7, 11) is 0. The minimum absolute atomic E-state index is 0.164. The van der Waals surface area contributed by atoms with Crippen molar-refractivity contribution in [1.82, 2.24) is 5.32 Å². The molecule has 5 nitrogen and oxygen atoms in total. The normalized spacial score (nSPS) is 24.3. The Balaban J connectivity index is 2.31. The molecule has 2 unspecified atom stereocenters. The third kappa shape index (κ3) is 3.69. The number of amides is 1. The Bertz CT molecular complexity index is 616. The Morgan fingerprint density at radius 2 is 2.22 bits per heavy atom. The molecule has 0 bridgehead atoms. The van der Waals surface area contributed by atoms with Gasteiger partial charge in [0.1, 0.15) is 5.67 Å². The first-order valence-electron chi connectivity index (χ1n) is 7.72. The first-order valence-corrected chi connectivity index (χ1v) is 7.72. The zero-order valence-corrected chi connectivity index (χ0v) is 13.7. The monoisotopic (exact) mass is 322 g/mol. The molecule has 6 heteroatoms. The number of benzene rings is 1. The van der Waals surface area contributed by atoms with Gasteiger partial charge in [0.15, 0.2) is 0 Å². The molecule has 2 N–H and O–H groups in total. The largest absolute Gasteiger partial charge is 0.478 e. The molecular weight excluding hydrogens is 299 g/mol. The van der Waals surface area contributed by atoms with Gasteiger partial charge in [-0.25, -0.2) is 9.18 Å². The second-order valence-electron chi connectivity index (χ2n) is 6.43. The first kappa shape index (κ1) is 17.4. The first-order chi connectivity index (χ1) is 10.8. The maximum Gasteiger partial charge on any atom is 0.336 e. The highest BCUT2D eigenvalue weighted by Gasteiger charge is 2.37.